The van der Waals surface area contributed by atoms with Crippen molar-refractivity contribution >= 4 is 43.9 Å². The highest BCUT2D eigenvalue weighted by atomic mass is 35.5. The quantitative estimate of drug-likeness (QED) is 0.395. The van der Waals surface area contributed by atoms with Crippen LogP contribution in [0, 0.1) is 13.8 Å². The van der Waals surface area contributed by atoms with Crippen LogP contribution in [0.4, 0.5) is 0 Å². The van der Waals surface area contributed by atoms with Crippen LogP contribution in [0.3, 0.4) is 0 Å². The fourth-order valence-corrected chi connectivity index (χ4v) is 4.36. The number of halogens is 1. The van der Waals surface area contributed by atoms with Gasteiger partial charge in [0.15, 0.2) is 0 Å². The topological polar surface area (TPSA) is 12.9 Å². The third-order valence-electron chi connectivity index (χ3n) is 3.93. The Balaban J connectivity index is 2.03. The second-order valence-corrected chi connectivity index (χ2v) is 7.03. The summed E-state index contributed by atoms with van der Waals surface area (Å²) >= 11 is 8.07. The highest BCUT2D eigenvalue weighted by Gasteiger charge is 2.12. The van der Waals surface area contributed by atoms with Crippen LogP contribution in [0.5, 0.6) is 0 Å². The Kier molecular flexibility index (Phi) is 3.17. The maximum absolute atomic E-state index is 6.32. The molecule has 3 aromatic carbocycles. The van der Waals surface area contributed by atoms with Gasteiger partial charge in [-0.25, -0.2) is 4.98 Å². The van der Waals surface area contributed by atoms with Gasteiger partial charge in [-0.05, 0) is 42.5 Å². The lowest BCUT2D eigenvalue weighted by molar-refractivity contribution is 1.38. The van der Waals surface area contributed by atoms with E-state index in [1.807, 2.05) is 18.2 Å². The lowest BCUT2D eigenvalue weighted by atomic mass is 10.1. The Morgan fingerprint density at radius 2 is 1.73 bits per heavy atom. The zero-order chi connectivity index (χ0) is 15.3. The van der Waals surface area contributed by atoms with Crippen molar-refractivity contribution in [2.24, 2.45) is 0 Å². The van der Waals surface area contributed by atoms with Gasteiger partial charge in [0.1, 0.15) is 5.01 Å². The molecule has 1 heterocycles. The SMILES string of the molecule is Cc1cc(C)c2nc(-c3cccc4c(Cl)cccc34)sc2c1. The van der Waals surface area contributed by atoms with E-state index < -0.39 is 0 Å². The first-order valence-electron chi connectivity index (χ1n) is 7.19. The minimum atomic E-state index is 0.785. The highest BCUT2D eigenvalue weighted by molar-refractivity contribution is 7.21. The second-order valence-electron chi connectivity index (χ2n) is 5.59. The molecule has 0 spiro atoms. The predicted octanol–water partition coefficient (Wildman–Crippen LogP) is 6.39. The molecule has 108 valence electrons. The normalized spacial score (nSPS) is 11.4. The monoisotopic (exact) mass is 323 g/mol. The lowest BCUT2D eigenvalue weighted by Crippen LogP contribution is -1.82. The maximum Gasteiger partial charge on any atom is 0.125 e. The summed E-state index contributed by atoms with van der Waals surface area (Å²) in [7, 11) is 0. The molecule has 0 N–H and O–H groups in total. The Morgan fingerprint density at radius 1 is 0.955 bits per heavy atom. The fourth-order valence-electron chi connectivity index (χ4n) is 2.94. The van der Waals surface area contributed by atoms with Gasteiger partial charge in [0.2, 0.25) is 0 Å². The van der Waals surface area contributed by atoms with E-state index >= 15 is 0 Å². The summed E-state index contributed by atoms with van der Waals surface area (Å²) in [5, 5.41) is 4.07. The third kappa shape index (κ3) is 2.11. The average molecular weight is 324 g/mol. The number of nitrogens with zero attached hydrogens (tertiary/aromatic N) is 1. The van der Waals surface area contributed by atoms with Gasteiger partial charge in [-0.1, -0.05) is 48.0 Å². The first-order chi connectivity index (χ1) is 10.6. The van der Waals surface area contributed by atoms with E-state index in [0.717, 1.165) is 31.9 Å². The number of aryl methyl sites for hydroxylation is 2. The summed E-state index contributed by atoms with van der Waals surface area (Å²) in [4.78, 5) is 4.88. The van der Waals surface area contributed by atoms with Crippen molar-refractivity contribution in [1.29, 1.82) is 0 Å². The molecule has 4 aromatic rings. The second kappa shape index (κ2) is 5.08. The molecule has 0 unspecified atom stereocenters. The summed E-state index contributed by atoms with van der Waals surface area (Å²) < 4.78 is 1.24. The van der Waals surface area contributed by atoms with Crippen LogP contribution >= 0.6 is 22.9 Å². The van der Waals surface area contributed by atoms with Crippen LogP contribution in [-0.2, 0) is 0 Å². The number of hydrogen-bond donors (Lipinski definition) is 0. The zero-order valence-electron chi connectivity index (χ0n) is 12.4. The molecule has 22 heavy (non-hydrogen) atoms. The van der Waals surface area contributed by atoms with E-state index in [-0.39, 0.29) is 0 Å². The van der Waals surface area contributed by atoms with E-state index in [1.165, 1.54) is 15.8 Å². The number of thiazole rings is 1. The highest BCUT2D eigenvalue weighted by Crippen LogP contribution is 2.37. The maximum atomic E-state index is 6.32. The van der Waals surface area contributed by atoms with Crippen molar-refractivity contribution < 1.29 is 0 Å². The predicted molar refractivity (Wildman–Crippen MR) is 97.0 cm³/mol. The first-order valence-corrected chi connectivity index (χ1v) is 8.38. The van der Waals surface area contributed by atoms with E-state index in [0.29, 0.717) is 0 Å². The van der Waals surface area contributed by atoms with Crippen LogP contribution in [0.15, 0.2) is 48.5 Å². The van der Waals surface area contributed by atoms with Crippen molar-refractivity contribution in [3.8, 4) is 10.6 Å². The summed E-state index contributed by atoms with van der Waals surface area (Å²) in [6.07, 6.45) is 0. The lowest BCUT2D eigenvalue weighted by Gasteiger charge is -2.04. The summed E-state index contributed by atoms with van der Waals surface area (Å²) in [6.45, 7) is 4.25. The number of fused-ring (bicyclic) bond motifs is 2. The van der Waals surface area contributed by atoms with Crippen molar-refractivity contribution in [1.82, 2.24) is 4.98 Å². The Bertz CT molecular complexity index is 1020. The van der Waals surface area contributed by atoms with Crippen LogP contribution in [0.2, 0.25) is 5.02 Å². The van der Waals surface area contributed by atoms with Gasteiger partial charge in [0, 0.05) is 16.0 Å². The molecule has 0 fully saturated rings. The number of hydrogen-bond acceptors (Lipinski definition) is 2. The number of aromatic nitrogens is 1. The molecule has 0 aliphatic heterocycles. The van der Waals surface area contributed by atoms with Crippen LogP contribution in [0.25, 0.3) is 31.6 Å². The summed E-state index contributed by atoms with van der Waals surface area (Å²) in [5.41, 5.74) is 4.76. The minimum Gasteiger partial charge on any atom is -0.236 e. The van der Waals surface area contributed by atoms with E-state index in [9.17, 15) is 0 Å². The number of rotatable bonds is 1. The third-order valence-corrected chi connectivity index (χ3v) is 5.29. The molecule has 0 bridgehead atoms. The smallest absolute Gasteiger partial charge is 0.125 e. The molecule has 0 aliphatic rings. The van der Waals surface area contributed by atoms with Gasteiger partial charge >= 0.3 is 0 Å². The standard InChI is InChI=1S/C19H14ClNS/c1-11-9-12(2)18-17(10-11)22-19(21-18)15-7-3-6-14-13(15)5-4-8-16(14)20/h3-10H,1-2H3. The van der Waals surface area contributed by atoms with Crippen LogP contribution in [0.1, 0.15) is 11.1 Å². The molecule has 1 nitrogen and oxygen atoms in total. The largest absolute Gasteiger partial charge is 0.236 e. The molecule has 0 saturated heterocycles. The molecule has 3 heteroatoms. The van der Waals surface area contributed by atoms with Gasteiger partial charge in [-0.15, -0.1) is 11.3 Å². The van der Waals surface area contributed by atoms with Crippen molar-refractivity contribution in [3.63, 3.8) is 0 Å². The zero-order valence-corrected chi connectivity index (χ0v) is 13.9. The van der Waals surface area contributed by atoms with E-state index in [1.54, 1.807) is 11.3 Å². The first kappa shape index (κ1) is 13.7. The molecule has 0 saturated carbocycles. The Labute approximate surface area is 138 Å². The van der Waals surface area contributed by atoms with Crippen LogP contribution < -0.4 is 0 Å². The molecule has 0 radical (unpaired) electrons. The fraction of sp³-hybridized carbons (Fsp3) is 0.105. The minimum absolute atomic E-state index is 0.785. The van der Waals surface area contributed by atoms with E-state index in [4.69, 9.17) is 16.6 Å². The van der Waals surface area contributed by atoms with Crippen LogP contribution in [-0.4, -0.2) is 4.98 Å². The van der Waals surface area contributed by atoms with Gasteiger partial charge in [-0.3, -0.25) is 0 Å². The molecule has 0 aliphatic carbocycles. The molecule has 0 amide bonds. The molecule has 4 rings (SSSR count). The van der Waals surface area contributed by atoms with Gasteiger partial charge in [-0.2, -0.15) is 0 Å². The van der Waals surface area contributed by atoms with Crippen molar-refractivity contribution in [2.75, 3.05) is 0 Å². The number of benzene rings is 3. The Morgan fingerprint density at radius 3 is 2.59 bits per heavy atom. The van der Waals surface area contributed by atoms with Gasteiger partial charge < -0.3 is 0 Å². The van der Waals surface area contributed by atoms with Crippen molar-refractivity contribution in [3.05, 3.63) is 64.7 Å². The molecular weight excluding hydrogens is 310 g/mol. The van der Waals surface area contributed by atoms with E-state index in [2.05, 4.69) is 44.2 Å². The molecule has 1 aromatic heterocycles. The van der Waals surface area contributed by atoms with Gasteiger partial charge in [0.25, 0.3) is 0 Å². The Hall–Kier alpha value is -1.90. The molecular formula is C19H14ClNS. The van der Waals surface area contributed by atoms with Gasteiger partial charge in [0.05, 0.1) is 10.2 Å². The van der Waals surface area contributed by atoms with Crippen molar-refractivity contribution in [2.45, 2.75) is 13.8 Å². The molecule has 0 atom stereocenters. The summed E-state index contributed by atoms with van der Waals surface area (Å²) in [6, 6.07) is 16.7. The summed E-state index contributed by atoms with van der Waals surface area (Å²) in [5.74, 6) is 0. The average Bonchev–Trinajstić information content (AvgIpc) is 2.91.